The molecule has 1 amide bonds. The summed E-state index contributed by atoms with van der Waals surface area (Å²) >= 11 is 0. The molecule has 0 atom stereocenters. The quantitative estimate of drug-likeness (QED) is 0.463. The van der Waals surface area contributed by atoms with Crippen molar-refractivity contribution in [2.24, 2.45) is 0 Å². The molecule has 5 nitrogen and oxygen atoms in total. The Labute approximate surface area is 186 Å². The van der Waals surface area contributed by atoms with Crippen molar-refractivity contribution >= 4 is 17.0 Å². The smallest absolute Gasteiger partial charge is 0.270 e. The maximum absolute atomic E-state index is 13.5. The SMILES string of the molecule is CN1CCCN(C(=O)c2cc3oc(-c4ccc(F)cc4)cc3n2Cc2ccccc2)CC1. The molecule has 3 heterocycles. The predicted molar refractivity (Wildman–Crippen MR) is 123 cm³/mol. The van der Waals surface area contributed by atoms with Crippen LogP contribution in [0.3, 0.4) is 0 Å². The number of hydrogen-bond acceptors (Lipinski definition) is 3. The van der Waals surface area contributed by atoms with Crippen LogP contribution >= 0.6 is 0 Å². The molecule has 1 aliphatic rings. The maximum Gasteiger partial charge on any atom is 0.270 e. The van der Waals surface area contributed by atoms with E-state index in [4.69, 9.17) is 4.42 Å². The average molecular weight is 432 g/mol. The van der Waals surface area contributed by atoms with Gasteiger partial charge in [-0.1, -0.05) is 30.3 Å². The molecule has 4 aromatic rings. The molecule has 164 valence electrons. The van der Waals surface area contributed by atoms with E-state index in [1.165, 1.54) is 12.1 Å². The zero-order valence-corrected chi connectivity index (χ0v) is 18.1. The van der Waals surface area contributed by atoms with Crippen molar-refractivity contribution < 1.29 is 13.6 Å². The van der Waals surface area contributed by atoms with Gasteiger partial charge in [-0.3, -0.25) is 4.79 Å². The monoisotopic (exact) mass is 431 g/mol. The third kappa shape index (κ3) is 4.06. The topological polar surface area (TPSA) is 41.6 Å². The second kappa shape index (κ2) is 8.63. The number of halogens is 1. The number of furan rings is 1. The Kier molecular flexibility index (Phi) is 5.53. The predicted octanol–water partition coefficient (Wildman–Crippen LogP) is 4.87. The number of hydrogen-bond donors (Lipinski definition) is 0. The standard InChI is InChI=1S/C26H26FN3O2/c1-28-12-5-13-29(15-14-28)26(31)23-17-25-22(30(23)18-19-6-3-2-4-7-19)16-24(32-25)20-8-10-21(27)11-9-20/h2-4,6-11,16-17H,5,12-15,18H2,1H3. The van der Waals surface area contributed by atoms with E-state index in [1.807, 2.05) is 39.8 Å². The number of rotatable bonds is 4. The number of likely N-dealkylation sites (N-methyl/N-ethyl adjacent to an activating group) is 1. The van der Waals surface area contributed by atoms with E-state index in [0.29, 0.717) is 30.1 Å². The largest absolute Gasteiger partial charge is 0.454 e. The Morgan fingerprint density at radius 1 is 0.969 bits per heavy atom. The molecular formula is C26H26FN3O2. The van der Waals surface area contributed by atoms with Crippen molar-refractivity contribution in [3.05, 3.63) is 83.8 Å². The summed E-state index contributed by atoms with van der Waals surface area (Å²) < 4.78 is 21.5. The molecule has 0 saturated carbocycles. The van der Waals surface area contributed by atoms with E-state index in [9.17, 15) is 9.18 Å². The lowest BCUT2D eigenvalue weighted by molar-refractivity contribution is 0.0753. The molecule has 2 aromatic carbocycles. The number of aromatic nitrogens is 1. The molecule has 0 N–H and O–H groups in total. The van der Waals surface area contributed by atoms with Crippen molar-refractivity contribution in [3.8, 4) is 11.3 Å². The van der Waals surface area contributed by atoms with Crippen molar-refractivity contribution in [3.63, 3.8) is 0 Å². The first-order valence-corrected chi connectivity index (χ1v) is 11.0. The summed E-state index contributed by atoms with van der Waals surface area (Å²) in [5.41, 5.74) is 4.08. The van der Waals surface area contributed by atoms with Crippen LogP contribution in [0.4, 0.5) is 4.39 Å². The summed E-state index contributed by atoms with van der Waals surface area (Å²) in [6, 6.07) is 20.1. The highest BCUT2D eigenvalue weighted by atomic mass is 19.1. The van der Waals surface area contributed by atoms with Gasteiger partial charge in [-0.15, -0.1) is 0 Å². The van der Waals surface area contributed by atoms with E-state index in [2.05, 4.69) is 24.1 Å². The highest BCUT2D eigenvalue weighted by molar-refractivity contribution is 5.98. The molecule has 2 aromatic heterocycles. The number of benzene rings is 2. The minimum absolute atomic E-state index is 0.0333. The molecule has 6 heteroatoms. The Hall–Kier alpha value is -3.38. The van der Waals surface area contributed by atoms with Crippen LogP contribution in [0, 0.1) is 5.82 Å². The minimum atomic E-state index is -0.283. The van der Waals surface area contributed by atoms with Gasteiger partial charge in [-0.05, 0) is 49.8 Å². The van der Waals surface area contributed by atoms with Gasteiger partial charge in [0.2, 0.25) is 0 Å². The first-order valence-electron chi connectivity index (χ1n) is 11.0. The third-order valence-electron chi connectivity index (χ3n) is 6.13. The second-order valence-electron chi connectivity index (χ2n) is 8.42. The summed E-state index contributed by atoms with van der Waals surface area (Å²) in [6.07, 6.45) is 0.965. The summed E-state index contributed by atoms with van der Waals surface area (Å²) in [4.78, 5) is 17.7. The van der Waals surface area contributed by atoms with Gasteiger partial charge in [0.15, 0.2) is 5.58 Å². The van der Waals surface area contributed by atoms with Gasteiger partial charge in [0.05, 0.1) is 5.52 Å². The zero-order chi connectivity index (χ0) is 22.1. The fourth-order valence-corrected chi connectivity index (χ4v) is 4.32. The van der Waals surface area contributed by atoms with Crippen LogP contribution in [0.15, 0.2) is 71.1 Å². The highest BCUT2D eigenvalue weighted by Gasteiger charge is 2.25. The molecule has 0 radical (unpaired) electrons. The molecule has 5 rings (SSSR count). The first kappa shape index (κ1) is 20.5. The molecule has 0 spiro atoms. The normalized spacial score (nSPS) is 15.2. The fourth-order valence-electron chi connectivity index (χ4n) is 4.32. The molecule has 0 unspecified atom stereocenters. The van der Waals surface area contributed by atoms with E-state index >= 15 is 0 Å². The van der Waals surface area contributed by atoms with Gasteiger partial charge < -0.3 is 18.8 Å². The summed E-state index contributed by atoms with van der Waals surface area (Å²) in [6.45, 7) is 3.91. The highest BCUT2D eigenvalue weighted by Crippen LogP contribution is 2.31. The third-order valence-corrected chi connectivity index (χ3v) is 6.13. The van der Waals surface area contributed by atoms with Gasteiger partial charge in [-0.25, -0.2) is 4.39 Å². The van der Waals surface area contributed by atoms with Crippen LogP contribution in [0.1, 0.15) is 22.5 Å². The number of fused-ring (bicyclic) bond motifs is 1. The van der Waals surface area contributed by atoms with E-state index in [0.717, 1.165) is 42.7 Å². The van der Waals surface area contributed by atoms with Gasteiger partial charge in [-0.2, -0.15) is 0 Å². The molecule has 32 heavy (non-hydrogen) atoms. The Morgan fingerprint density at radius 3 is 2.53 bits per heavy atom. The number of amides is 1. The Bertz CT molecular complexity index is 1230. The Balaban J connectivity index is 1.55. The van der Waals surface area contributed by atoms with E-state index in [1.54, 1.807) is 12.1 Å². The van der Waals surface area contributed by atoms with Crippen molar-refractivity contribution in [1.82, 2.24) is 14.4 Å². The van der Waals surface area contributed by atoms with Gasteiger partial charge >= 0.3 is 0 Å². The molecule has 1 saturated heterocycles. The van der Waals surface area contributed by atoms with Crippen LogP contribution < -0.4 is 0 Å². The second-order valence-corrected chi connectivity index (χ2v) is 8.42. The summed E-state index contributed by atoms with van der Waals surface area (Å²) in [5, 5.41) is 0. The van der Waals surface area contributed by atoms with Crippen molar-refractivity contribution in [2.75, 3.05) is 33.2 Å². The van der Waals surface area contributed by atoms with E-state index in [-0.39, 0.29) is 11.7 Å². The molecule has 1 aliphatic heterocycles. The molecule has 0 aliphatic carbocycles. The van der Waals surface area contributed by atoms with Gasteiger partial charge in [0.25, 0.3) is 5.91 Å². The van der Waals surface area contributed by atoms with Crippen LogP contribution in [0.25, 0.3) is 22.4 Å². The zero-order valence-electron chi connectivity index (χ0n) is 18.1. The summed E-state index contributed by atoms with van der Waals surface area (Å²) in [5.74, 6) is 0.410. The molecule has 1 fully saturated rings. The molecule has 0 bridgehead atoms. The van der Waals surface area contributed by atoms with Gasteiger partial charge in [0, 0.05) is 43.9 Å². The lowest BCUT2D eigenvalue weighted by Gasteiger charge is -2.21. The molecular weight excluding hydrogens is 405 g/mol. The van der Waals surface area contributed by atoms with Crippen LogP contribution in [0.2, 0.25) is 0 Å². The maximum atomic E-state index is 13.5. The Morgan fingerprint density at radius 2 is 1.75 bits per heavy atom. The van der Waals surface area contributed by atoms with Crippen molar-refractivity contribution in [2.45, 2.75) is 13.0 Å². The average Bonchev–Trinajstić information content (AvgIpc) is 3.27. The minimum Gasteiger partial charge on any atom is -0.454 e. The number of nitrogens with zero attached hydrogens (tertiary/aromatic N) is 3. The van der Waals surface area contributed by atoms with Crippen LogP contribution in [-0.4, -0.2) is 53.5 Å². The number of carbonyl (C=O) groups is 1. The first-order chi connectivity index (χ1) is 15.6. The lowest BCUT2D eigenvalue weighted by atomic mass is 10.2. The fraction of sp³-hybridized carbons (Fsp3) is 0.269. The van der Waals surface area contributed by atoms with Crippen molar-refractivity contribution in [1.29, 1.82) is 0 Å². The van der Waals surface area contributed by atoms with Gasteiger partial charge in [0.1, 0.15) is 17.3 Å². The van der Waals surface area contributed by atoms with E-state index < -0.39 is 0 Å². The summed E-state index contributed by atoms with van der Waals surface area (Å²) in [7, 11) is 2.09. The lowest BCUT2D eigenvalue weighted by Crippen LogP contribution is -2.35. The number of carbonyl (C=O) groups excluding carboxylic acids is 1. The van der Waals surface area contributed by atoms with Crippen LogP contribution in [0.5, 0.6) is 0 Å². The van der Waals surface area contributed by atoms with Crippen LogP contribution in [-0.2, 0) is 6.54 Å².